The van der Waals surface area contributed by atoms with Crippen LogP contribution in [0.3, 0.4) is 0 Å². The zero-order chi connectivity index (χ0) is 17.9. The molecule has 1 unspecified atom stereocenters. The number of halogens is 1. The molecular formula is C16H18FN3O3S. The highest BCUT2D eigenvalue weighted by Gasteiger charge is 2.19. The van der Waals surface area contributed by atoms with Gasteiger partial charge in [-0.1, -0.05) is 24.3 Å². The molecule has 0 aliphatic heterocycles. The van der Waals surface area contributed by atoms with E-state index < -0.39 is 21.9 Å². The molecule has 128 valence electrons. The van der Waals surface area contributed by atoms with Gasteiger partial charge in [-0.05, 0) is 36.8 Å². The molecule has 3 N–H and O–H groups in total. The van der Waals surface area contributed by atoms with E-state index >= 15 is 0 Å². The molecule has 0 fully saturated rings. The highest BCUT2D eigenvalue weighted by molar-refractivity contribution is 7.89. The van der Waals surface area contributed by atoms with E-state index in [1.54, 1.807) is 32.2 Å². The van der Waals surface area contributed by atoms with Crippen LogP contribution in [0.2, 0.25) is 0 Å². The number of nitrogens with zero attached hydrogens (tertiary/aromatic N) is 1. The normalized spacial score (nSPS) is 12.5. The van der Waals surface area contributed by atoms with E-state index in [0.29, 0.717) is 5.56 Å². The van der Waals surface area contributed by atoms with E-state index in [1.807, 2.05) is 0 Å². The van der Waals surface area contributed by atoms with Gasteiger partial charge >= 0.3 is 6.03 Å². The number of rotatable bonds is 4. The Morgan fingerprint density at radius 1 is 1.17 bits per heavy atom. The molecule has 0 saturated carbocycles. The fourth-order valence-corrected chi connectivity index (χ4v) is 2.62. The summed E-state index contributed by atoms with van der Waals surface area (Å²) in [5, 5.41) is 7.55. The van der Waals surface area contributed by atoms with Gasteiger partial charge in [-0.15, -0.1) is 0 Å². The first-order chi connectivity index (χ1) is 11.2. The summed E-state index contributed by atoms with van der Waals surface area (Å²) in [7, 11) is -2.20. The first kappa shape index (κ1) is 17.9. The number of para-hydroxylation sites is 1. The maximum atomic E-state index is 13.6. The molecule has 2 rings (SSSR count). The predicted molar refractivity (Wildman–Crippen MR) is 89.4 cm³/mol. The number of carbonyl (C=O) groups excluding carboxylic acids is 1. The van der Waals surface area contributed by atoms with Crippen molar-refractivity contribution in [2.24, 2.45) is 5.14 Å². The largest absolute Gasteiger partial charge is 0.322 e. The Labute approximate surface area is 140 Å². The van der Waals surface area contributed by atoms with Gasteiger partial charge in [0.25, 0.3) is 0 Å². The number of benzene rings is 2. The minimum absolute atomic E-state index is 0.00286. The molecule has 6 nitrogen and oxygen atoms in total. The predicted octanol–water partition coefficient (Wildman–Crippen LogP) is 2.70. The molecule has 0 heterocycles. The maximum Gasteiger partial charge on any atom is 0.322 e. The summed E-state index contributed by atoms with van der Waals surface area (Å²) in [6, 6.07) is 11.0. The van der Waals surface area contributed by atoms with Crippen molar-refractivity contribution < 1.29 is 17.6 Å². The molecule has 0 saturated heterocycles. The third kappa shape index (κ3) is 4.09. The van der Waals surface area contributed by atoms with Gasteiger partial charge in [0, 0.05) is 7.05 Å². The quantitative estimate of drug-likeness (QED) is 0.887. The van der Waals surface area contributed by atoms with Crippen molar-refractivity contribution in [3.63, 3.8) is 0 Å². The van der Waals surface area contributed by atoms with Crippen LogP contribution in [-0.2, 0) is 10.0 Å². The lowest BCUT2D eigenvalue weighted by Gasteiger charge is -2.25. The lowest BCUT2D eigenvalue weighted by molar-refractivity contribution is 0.208. The van der Waals surface area contributed by atoms with Gasteiger partial charge in [-0.2, -0.15) is 0 Å². The number of nitrogens with one attached hydrogen (secondary N) is 1. The number of hydrogen-bond donors (Lipinski definition) is 2. The highest BCUT2D eigenvalue weighted by Crippen LogP contribution is 2.22. The average molecular weight is 351 g/mol. The van der Waals surface area contributed by atoms with Crippen LogP contribution < -0.4 is 10.5 Å². The zero-order valence-corrected chi connectivity index (χ0v) is 14.0. The summed E-state index contributed by atoms with van der Waals surface area (Å²) >= 11 is 0. The summed E-state index contributed by atoms with van der Waals surface area (Å²) in [6.07, 6.45) is 0. The maximum absolute atomic E-state index is 13.6. The SMILES string of the molecule is CC(c1ccc(S(N)(=O)=O)cc1)N(C)C(=O)Nc1ccccc1F. The summed E-state index contributed by atoms with van der Waals surface area (Å²) in [5.41, 5.74) is 0.805. The topological polar surface area (TPSA) is 92.5 Å². The van der Waals surface area contributed by atoms with E-state index in [-0.39, 0.29) is 16.6 Å². The number of anilines is 1. The Balaban J connectivity index is 2.12. The molecule has 2 aromatic rings. The Kier molecular flexibility index (Phi) is 5.20. The highest BCUT2D eigenvalue weighted by atomic mass is 32.2. The van der Waals surface area contributed by atoms with Crippen LogP contribution in [0.5, 0.6) is 0 Å². The van der Waals surface area contributed by atoms with Crippen molar-refractivity contribution in [1.29, 1.82) is 0 Å². The Bertz CT molecular complexity index is 838. The molecule has 0 aromatic heterocycles. The van der Waals surface area contributed by atoms with Gasteiger partial charge in [0.2, 0.25) is 10.0 Å². The Hall–Kier alpha value is -2.45. The minimum Gasteiger partial charge on any atom is -0.321 e. The van der Waals surface area contributed by atoms with E-state index in [2.05, 4.69) is 5.32 Å². The number of urea groups is 1. The molecule has 2 aromatic carbocycles. The molecule has 0 aliphatic carbocycles. The lowest BCUT2D eigenvalue weighted by Crippen LogP contribution is -2.33. The first-order valence-electron chi connectivity index (χ1n) is 7.11. The van der Waals surface area contributed by atoms with Crippen LogP contribution in [0.15, 0.2) is 53.4 Å². The van der Waals surface area contributed by atoms with Crippen molar-refractivity contribution >= 4 is 21.7 Å². The summed E-state index contributed by atoms with van der Waals surface area (Å²) in [5.74, 6) is -0.524. The van der Waals surface area contributed by atoms with Crippen LogP contribution in [0.1, 0.15) is 18.5 Å². The molecule has 8 heteroatoms. The summed E-state index contributed by atoms with van der Waals surface area (Å²) < 4.78 is 36.1. The van der Waals surface area contributed by atoms with Gasteiger partial charge in [0.15, 0.2) is 0 Å². The van der Waals surface area contributed by atoms with Gasteiger partial charge in [0.05, 0.1) is 16.6 Å². The second kappa shape index (κ2) is 6.98. The molecular weight excluding hydrogens is 333 g/mol. The molecule has 0 bridgehead atoms. The van der Waals surface area contributed by atoms with Crippen LogP contribution >= 0.6 is 0 Å². The molecule has 24 heavy (non-hydrogen) atoms. The van der Waals surface area contributed by atoms with Crippen LogP contribution in [-0.4, -0.2) is 26.4 Å². The Morgan fingerprint density at radius 3 is 2.29 bits per heavy atom. The fraction of sp³-hybridized carbons (Fsp3) is 0.188. The zero-order valence-electron chi connectivity index (χ0n) is 13.2. The van der Waals surface area contributed by atoms with Crippen molar-refractivity contribution in [3.05, 3.63) is 59.9 Å². The minimum atomic E-state index is -3.76. The third-order valence-electron chi connectivity index (χ3n) is 3.71. The van der Waals surface area contributed by atoms with Gasteiger partial charge in [-0.3, -0.25) is 0 Å². The van der Waals surface area contributed by atoms with E-state index in [0.717, 1.165) is 0 Å². The fourth-order valence-electron chi connectivity index (χ4n) is 2.10. The number of sulfonamides is 1. The van der Waals surface area contributed by atoms with Crippen molar-refractivity contribution in [1.82, 2.24) is 4.90 Å². The number of amides is 2. The number of nitrogens with two attached hydrogens (primary N) is 1. The van der Waals surface area contributed by atoms with Gasteiger partial charge < -0.3 is 10.2 Å². The van der Waals surface area contributed by atoms with Crippen molar-refractivity contribution in [2.75, 3.05) is 12.4 Å². The molecule has 1 atom stereocenters. The van der Waals surface area contributed by atoms with Gasteiger partial charge in [-0.25, -0.2) is 22.7 Å². The van der Waals surface area contributed by atoms with Gasteiger partial charge in [0.1, 0.15) is 5.82 Å². The standard InChI is InChI=1S/C16H18FN3O3S/c1-11(12-7-9-13(10-8-12)24(18,22)23)20(2)16(21)19-15-6-4-3-5-14(15)17/h3-11H,1-2H3,(H,19,21)(H2,18,22,23). The average Bonchev–Trinajstić information content (AvgIpc) is 2.55. The van der Waals surface area contributed by atoms with E-state index in [4.69, 9.17) is 5.14 Å². The third-order valence-corrected chi connectivity index (χ3v) is 4.64. The lowest BCUT2D eigenvalue weighted by atomic mass is 10.1. The number of primary sulfonamides is 1. The number of hydrogen-bond acceptors (Lipinski definition) is 3. The molecule has 0 aliphatic rings. The first-order valence-corrected chi connectivity index (χ1v) is 8.66. The smallest absolute Gasteiger partial charge is 0.321 e. The number of carbonyl (C=O) groups is 1. The van der Waals surface area contributed by atoms with E-state index in [9.17, 15) is 17.6 Å². The van der Waals surface area contributed by atoms with E-state index in [1.165, 1.54) is 35.2 Å². The van der Waals surface area contributed by atoms with Crippen LogP contribution in [0.4, 0.5) is 14.9 Å². The van der Waals surface area contributed by atoms with Crippen molar-refractivity contribution in [3.8, 4) is 0 Å². The second-order valence-corrected chi connectivity index (χ2v) is 6.87. The van der Waals surface area contributed by atoms with Crippen LogP contribution in [0.25, 0.3) is 0 Å². The molecule has 2 amide bonds. The second-order valence-electron chi connectivity index (χ2n) is 5.31. The van der Waals surface area contributed by atoms with Crippen LogP contribution in [0, 0.1) is 5.82 Å². The summed E-state index contributed by atoms with van der Waals surface area (Å²) in [4.78, 5) is 13.6. The molecule has 0 spiro atoms. The monoisotopic (exact) mass is 351 g/mol. The van der Waals surface area contributed by atoms with Crippen molar-refractivity contribution in [2.45, 2.75) is 17.9 Å². The Morgan fingerprint density at radius 2 is 1.75 bits per heavy atom. The summed E-state index contributed by atoms with van der Waals surface area (Å²) in [6.45, 7) is 1.77. The molecule has 0 radical (unpaired) electrons.